The van der Waals surface area contributed by atoms with Crippen LogP contribution in [0.1, 0.15) is 44.5 Å². The Bertz CT molecular complexity index is 485. The average molecular weight is 294 g/mol. The van der Waals surface area contributed by atoms with Crippen LogP contribution in [0.15, 0.2) is 18.3 Å². The molecule has 0 bridgehead atoms. The minimum Gasteiger partial charge on any atom is -0.480 e. The lowest BCUT2D eigenvalue weighted by Crippen LogP contribution is -2.45. The van der Waals surface area contributed by atoms with Crippen molar-refractivity contribution in [1.82, 2.24) is 10.3 Å². The highest BCUT2D eigenvalue weighted by molar-refractivity contribution is 5.96. The van der Waals surface area contributed by atoms with Gasteiger partial charge in [-0.3, -0.25) is 4.79 Å². The Balaban J connectivity index is 2.76. The normalized spacial score (nSPS) is 13.6. The number of nitrogens with zero attached hydrogens (tertiary/aromatic N) is 1. The van der Waals surface area contributed by atoms with E-state index in [0.29, 0.717) is 17.9 Å². The monoisotopic (exact) mass is 294 g/mol. The molecule has 1 aromatic heterocycles. The van der Waals surface area contributed by atoms with E-state index in [1.807, 2.05) is 20.8 Å². The van der Waals surface area contributed by atoms with E-state index in [9.17, 15) is 9.59 Å². The molecule has 0 aliphatic rings. The first kappa shape index (κ1) is 16.9. The third kappa shape index (κ3) is 5.06. The number of ether oxygens (including phenoxy) is 1. The van der Waals surface area contributed by atoms with Gasteiger partial charge in [0.15, 0.2) is 0 Å². The molecule has 2 atom stereocenters. The number of carbonyl (C=O) groups excluding carboxylic acids is 1. The van der Waals surface area contributed by atoms with Crippen molar-refractivity contribution in [2.45, 2.75) is 46.3 Å². The number of aliphatic carboxylic acids is 1. The number of carboxylic acid groups (broad SMARTS) is 1. The molecule has 0 radical (unpaired) electrons. The fourth-order valence-corrected chi connectivity index (χ4v) is 1.73. The molecule has 0 spiro atoms. The third-order valence-corrected chi connectivity index (χ3v) is 3.12. The van der Waals surface area contributed by atoms with Crippen molar-refractivity contribution < 1.29 is 19.4 Å². The molecule has 1 heterocycles. The van der Waals surface area contributed by atoms with Crippen LogP contribution in [0, 0.1) is 5.92 Å². The minimum atomic E-state index is -1.04. The smallest absolute Gasteiger partial charge is 0.326 e. The number of hydrogen-bond acceptors (Lipinski definition) is 4. The van der Waals surface area contributed by atoms with Gasteiger partial charge in [0.2, 0.25) is 5.88 Å². The van der Waals surface area contributed by atoms with E-state index in [0.717, 1.165) is 0 Å². The zero-order chi connectivity index (χ0) is 16.0. The zero-order valence-corrected chi connectivity index (χ0v) is 12.8. The van der Waals surface area contributed by atoms with Crippen LogP contribution < -0.4 is 10.1 Å². The highest BCUT2D eigenvalue weighted by Gasteiger charge is 2.25. The molecule has 0 saturated carbocycles. The number of hydrogen-bond donors (Lipinski definition) is 2. The van der Waals surface area contributed by atoms with E-state index in [-0.39, 0.29) is 12.0 Å². The summed E-state index contributed by atoms with van der Waals surface area (Å²) in [6.07, 6.45) is 2.04. The molecule has 1 rings (SSSR count). The van der Waals surface area contributed by atoms with Crippen molar-refractivity contribution in [2.75, 3.05) is 0 Å². The second-order valence-corrected chi connectivity index (χ2v) is 5.23. The summed E-state index contributed by atoms with van der Waals surface area (Å²) in [7, 11) is 0. The molecule has 21 heavy (non-hydrogen) atoms. The highest BCUT2D eigenvalue weighted by atomic mass is 16.5. The van der Waals surface area contributed by atoms with Gasteiger partial charge in [-0.1, -0.05) is 20.3 Å². The quantitative estimate of drug-likeness (QED) is 0.804. The van der Waals surface area contributed by atoms with Gasteiger partial charge in [-0.15, -0.1) is 0 Å². The van der Waals surface area contributed by atoms with Crippen LogP contribution in [-0.2, 0) is 4.79 Å². The number of amides is 1. The van der Waals surface area contributed by atoms with Crippen molar-refractivity contribution in [1.29, 1.82) is 0 Å². The zero-order valence-electron chi connectivity index (χ0n) is 12.8. The lowest BCUT2D eigenvalue weighted by atomic mass is 9.99. The molecule has 0 aliphatic heterocycles. The van der Waals surface area contributed by atoms with Gasteiger partial charge in [0, 0.05) is 12.3 Å². The van der Waals surface area contributed by atoms with Crippen LogP contribution >= 0.6 is 0 Å². The maximum atomic E-state index is 12.1. The van der Waals surface area contributed by atoms with Gasteiger partial charge in [0.1, 0.15) is 6.04 Å². The summed E-state index contributed by atoms with van der Waals surface area (Å²) in [4.78, 5) is 27.3. The summed E-state index contributed by atoms with van der Waals surface area (Å²) < 4.78 is 5.39. The van der Waals surface area contributed by atoms with Gasteiger partial charge in [0.05, 0.1) is 11.7 Å². The molecule has 1 amide bonds. The van der Waals surface area contributed by atoms with Gasteiger partial charge in [-0.25, -0.2) is 9.78 Å². The fraction of sp³-hybridized carbons (Fsp3) is 0.533. The predicted molar refractivity (Wildman–Crippen MR) is 78.3 cm³/mol. The lowest BCUT2D eigenvalue weighted by molar-refractivity contribution is -0.140. The van der Waals surface area contributed by atoms with Crippen LogP contribution in [-0.4, -0.2) is 34.1 Å². The first-order valence-corrected chi connectivity index (χ1v) is 7.01. The second-order valence-electron chi connectivity index (χ2n) is 5.23. The van der Waals surface area contributed by atoms with Gasteiger partial charge < -0.3 is 15.2 Å². The van der Waals surface area contributed by atoms with Crippen molar-refractivity contribution in [3.05, 3.63) is 23.9 Å². The molecular formula is C15H22N2O4. The van der Waals surface area contributed by atoms with Crippen molar-refractivity contribution in [3.8, 4) is 5.88 Å². The summed E-state index contributed by atoms with van der Waals surface area (Å²) in [5.74, 6) is -1.21. The Hall–Kier alpha value is -2.11. The summed E-state index contributed by atoms with van der Waals surface area (Å²) in [6.45, 7) is 7.43. The maximum Gasteiger partial charge on any atom is 0.326 e. The number of pyridine rings is 1. The number of carboxylic acids is 1. The van der Waals surface area contributed by atoms with Crippen molar-refractivity contribution >= 4 is 11.9 Å². The fourth-order valence-electron chi connectivity index (χ4n) is 1.73. The van der Waals surface area contributed by atoms with Gasteiger partial charge in [0.25, 0.3) is 5.91 Å². The van der Waals surface area contributed by atoms with E-state index in [1.54, 1.807) is 19.1 Å². The summed E-state index contributed by atoms with van der Waals surface area (Å²) in [6, 6.07) is 2.25. The van der Waals surface area contributed by atoms with Gasteiger partial charge in [-0.2, -0.15) is 0 Å². The SMILES string of the molecule is CCC(C)C(NC(=O)c1ccc(OC(C)C)nc1)C(=O)O. The van der Waals surface area contributed by atoms with Gasteiger partial charge >= 0.3 is 5.97 Å². The van der Waals surface area contributed by atoms with Crippen LogP contribution in [0.3, 0.4) is 0 Å². The molecule has 2 N–H and O–H groups in total. The van der Waals surface area contributed by atoms with Gasteiger partial charge in [-0.05, 0) is 25.8 Å². The van der Waals surface area contributed by atoms with Crippen LogP contribution in [0.2, 0.25) is 0 Å². The standard InChI is InChI=1S/C15H22N2O4/c1-5-10(4)13(15(19)20)17-14(18)11-6-7-12(16-8-11)21-9(2)3/h6-10,13H,5H2,1-4H3,(H,17,18)(H,19,20). The molecule has 0 fully saturated rings. The Labute approximate surface area is 124 Å². The number of aromatic nitrogens is 1. The van der Waals surface area contributed by atoms with E-state index in [4.69, 9.17) is 9.84 Å². The molecule has 1 aromatic rings. The molecule has 116 valence electrons. The summed E-state index contributed by atoms with van der Waals surface area (Å²) in [5.41, 5.74) is 0.306. The van der Waals surface area contributed by atoms with Crippen molar-refractivity contribution in [2.24, 2.45) is 5.92 Å². The van der Waals surface area contributed by atoms with Crippen LogP contribution in [0.5, 0.6) is 5.88 Å². The second kappa shape index (κ2) is 7.61. The lowest BCUT2D eigenvalue weighted by Gasteiger charge is -2.20. The molecule has 2 unspecified atom stereocenters. The molecule has 0 aromatic carbocycles. The number of carbonyl (C=O) groups is 2. The summed E-state index contributed by atoms with van der Waals surface area (Å²) in [5, 5.41) is 11.7. The van der Waals surface area contributed by atoms with E-state index in [2.05, 4.69) is 10.3 Å². The Morgan fingerprint density at radius 2 is 2.00 bits per heavy atom. The average Bonchev–Trinajstić information content (AvgIpc) is 2.43. The Morgan fingerprint density at radius 3 is 2.43 bits per heavy atom. The third-order valence-electron chi connectivity index (χ3n) is 3.12. The van der Waals surface area contributed by atoms with Crippen molar-refractivity contribution in [3.63, 3.8) is 0 Å². The minimum absolute atomic E-state index is 0.000953. The first-order chi connectivity index (χ1) is 9.85. The predicted octanol–water partition coefficient (Wildman–Crippen LogP) is 2.10. The molecule has 6 nitrogen and oxygen atoms in total. The van der Waals surface area contributed by atoms with E-state index in [1.165, 1.54) is 6.20 Å². The molecular weight excluding hydrogens is 272 g/mol. The topological polar surface area (TPSA) is 88.5 Å². The molecule has 6 heteroatoms. The molecule has 0 aliphatic carbocycles. The Morgan fingerprint density at radius 1 is 1.33 bits per heavy atom. The summed E-state index contributed by atoms with van der Waals surface area (Å²) >= 11 is 0. The molecule has 0 saturated heterocycles. The Kier molecular flexibility index (Phi) is 6.14. The highest BCUT2D eigenvalue weighted by Crippen LogP contribution is 2.12. The van der Waals surface area contributed by atoms with E-state index < -0.39 is 17.9 Å². The van der Waals surface area contributed by atoms with Crippen LogP contribution in [0.25, 0.3) is 0 Å². The maximum absolute atomic E-state index is 12.1. The number of nitrogens with one attached hydrogen (secondary N) is 1. The largest absolute Gasteiger partial charge is 0.480 e. The van der Waals surface area contributed by atoms with Crippen LogP contribution in [0.4, 0.5) is 0 Å². The number of rotatable bonds is 7. The van der Waals surface area contributed by atoms with E-state index >= 15 is 0 Å². The first-order valence-electron chi connectivity index (χ1n) is 7.01.